The predicted molar refractivity (Wildman–Crippen MR) is 50.1 cm³/mol. The SMILES string of the molecule is CC(C)(C)OC(=O)/C=C/NCCO. The number of carbonyl (C=O) groups excluding carboxylic acids is 1. The van der Waals surface area contributed by atoms with Crippen molar-refractivity contribution in [3.63, 3.8) is 0 Å². The average molecular weight is 187 g/mol. The van der Waals surface area contributed by atoms with Crippen LogP contribution in [0.2, 0.25) is 0 Å². The van der Waals surface area contributed by atoms with E-state index in [-0.39, 0.29) is 6.61 Å². The highest BCUT2D eigenvalue weighted by Crippen LogP contribution is 2.06. The van der Waals surface area contributed by atoms with Crippen LogP contribution in [0, 0.1) is 0 Å². The second-order valence-corrected chi connectivity index (χ2v) is 3.54. The van der Waals surface area contributed by atoms with Gasteiger partial charge in [0.25, 0.3) is 0 Å². The van der Waals surface area contributed by atoms with E-state index in [1.807, 2.05) is 0 Å². The van der Waals surface area contributed by atoms with Crippen LogP contribution in [0.3, 0.4) is 0 Å². The van der Waals surface area contributed by atoms with Crippen molar-refractivity contribution in [1.29, 1.82) is 0 Å². The van der Waals surface area contributed by atoms with Crippen LogP contribution in [0.25, 0.3) is 0 Å². The van der Waals surface area contributed by atoms with Gasteiger partial charge in [0.05, 0.1) is 6.61 Å². The highest BCUT2D eigenvalue weighted by molar-refractivity contribution is 5.82. The molecule has 0 rings (SSSR count). The lowest BCUT2D eigenvalue weighted by Crippen LogP contribution is -2.23. The topological polar surface area (TPSA) is 58.6 Å². The number of rotatable bonds is 4. The quantitative estimate of drug-likeness (QED) is 0.380. The van der Waals surface area contributed by atoms with Gasteiger partial charge in [-0.3, -0.25) is 0 Å². The Morgan fingerprint density at radius 3 is 2.62 bits per heavy atom. The van der Waals surface area contributed by atoms with Gasteiger partial charge in [-0.05, 0) is 20.8 Å². The predicted octanol–water partition coefficient (Wildman–Crippen LogP) is 0.424. The first kappa shape index (κ1) is 12.0. The second kappa shape index (κ2) is 5.59. The molecule has 4 heteroatoms. The van der Waals surface area contributed by atoms with Crippen molar-refractivity contribution in [1.82, 2.24) is 5.32 Å². The summed E-state index contributed by atoms with van der Waals surface area (Å²) in [4.78, 5) is 11.0. The standard InChI is InChI=1S/C9H17NO3/c1-9(2,3)13-8(12)4-5-10-6-7-11/h4-5,10-11H,6-7H2,1-3H3/b5-4+. The van der Waals surface area contributed by atoms with Crippen LogP contribution in [0.5, 0.6) is 0 Å². The minimum Gasteiger partial charge on any atom is -0.457 e. The number of hydrogen-bond donors (Lipinski definition) is 2. The Bertz CT molecular complexity index is 182. The van der Waals surface area contributed by atoms with E-state index in [2.05, 4.69) is 5.32 Å². The summed E-state index contributed by atoms with van der Waals surface area (Å²) in [7, 11) is 0. The normalized spacial score (nSPS) is 11.7. The van der Waals surface area contributed by atoms with Crippen LogP contribution in [0.15, 0.2) is 12.3 Å². The molecule has 0 bridgehead atoms. The summed E-state index contributed by atoms with van der Waals surface area (Å²) in [5.41, 5.74) is -0.460. The lowest BCUT2D eigenvalue weighted by molar-refractivity contribution is -0.148. The molecule has 0 heterocycles. The van der Waals surface area contributed by atoms with Crippen molar-refractivity contribution in [3.05, 3.63) is 12.3 Å². The van der Waals surface area contributed by atoms with Gasteiger partial charge in [-0.25, -0.2) is 4.79 Å². The molecule has 0 atom stereocenters. The second-order valence-electron chi connectivity index (χ2n) is 3.54. The van der Waals surface area contributed by atoms with E-state index in [1.165, 1.54) is 12.3 Å². The fraction of sp³-hybridized carbons (Fsp3) is 0.667. The molecule has 0 fully saturated rings. The first-order valence-electron chi connectivity index (χ1n) is 4.19. The molecule has 76 valence electrons. The lowest BCUT2D eigenvalue weighted by Gasteiger charge is -2.17. The number of nitrogens with one attached hydrogen (secondary N) is 1. The zero-order valence-electron chi connectivity index (χ0n) is 8.33. The molecule has 0 aromatic rings. The molecule has 0 unspecified atom stereocenters. The van der Waals surface area contributed by atoms with Crippen LogP contribution in [-0.4, -0.2) is 29.8 Å². The van der Waals surface area contributed by atoms with Crippen molar-refractivity contribution < 1.29 is 14.6 Å². The Kier molecular flexibility index (Phi) is 5.14. The molecule has 0 saturated carbocycles. The molecule has 0 aliphatic heterocycles. The summed E-state index contributed by atoms with van der Waals surface area (Å²) in [6.45, 7) is 5.89. The number of aliphatic hydroxyl groups excluding tert-OH is 1. The van der Waals surface area contributed by atoms with Crippen LogP contribution in [0.1, 0.15) is 20.8 Å². The van der Waals surface area contributed by atoms with Crippen molar-refractivity contribution in [2.24, 2.45) is 0 Å². The summed E-state index contributed by atoms with van der Waals surface area (Å²) in [5.74, 6) is -0.391. The molecule has 0 aromatic carbocycles. The molecule has 2 N–H and O–H groups in total. The van der Waals surface area contributed by atoms with Crippen molar-refractivity contribution in [2.45, 2.75) is 26.4 Å². The molecule has 0 aliphatic carbocycles. The van der Waals surface area contributed by atoms with E-state index in [0.29, 0.717) is 6.54 Å². The summed E-state index contributed by atoms with van der Waals surface area (Å²) in [6.07, 6.45) is 2.76. The number of hydrogen-bond acceptors (Lipinski definition) is 4. The number of aliphatic hydroxyl groups is 1. The van der Waals surface area contributed by atoms with E-state index in [0.717, 1.165) is 0 Å². The Hall–Kier alpha value is -1.03. The van der Waals surface area contributed by atoms with E-state index in [1.54, 1.807) is 20.8 Å². The highest BCUT2D eigenvalue weighted by atomic mass is 16.6. The van der Waals surface area contributed by atoms with Crippen molar-refractivity contribution in [2.75, 3.05) is 13.2 Å². The van der Waals surface area contributed by atoms with Gasteiger partial charge in [0.15, 0.2) is 0 Å². The monoisotopic (exact) mass is 187 g/mol. The van der Waals surface area contributed by atoms with Gasteiger partial charge in [-0.1, -0.05) is 0 Å². The van der Waals surface area contributed by atoms with Gasteiger partial charge in [0.1, 0.15) is 5.60 Å². The van der Waals surface area contributed by atoms with Crippen LogP contribution >= 0.6 is 0 Å². The number of esters is 1. The molecule has 0 aliphatic rings. The van der Waals surface area contributed by atoms with Crippen molar-refractivity contribution >= 4 is 5.97 Å². The van der Waals surface area contributed by atoms with Gasteiger partial charge in [-0.2, -0.15) is 0 Å². The maximum atomic E-state index is 11.0. The Morgan fingerprint density at radius 1 is 1.54 bits per heavy atom. The zero-order valence-corrected chi connectivity index (χ0v) is 8.33. The summed E-state index contributed by atoms with van der Waals surface area (Å²) < 4.78 is 4.99. The number of ether oxygens (including phenoxy) is 1. The number of carbonyl (C=O) groups is 1. The van der Waals surface area contributed by atoms with E-state index < -0.39 is 11.6 Å². The molecular formula is C9H17NO3. The molecular weight excluding hydrogens is 170 g/mol. The molecule has 4 nitrogen and oxygen atoms in total. The summed E-state index contributed by atoms with van der Waals surface area (Å²) in [5, 5.41) is 11.1. The van der Waals surface area contributed by atoms with Gasteiger partial charge in [0.2, 0.25) is 0 Å². The molecule has 0 amide bonds. The van der Waals surface area contributed by atoms with Gasteiger partial charge in [-0.15, -0.1) is 0 Å². The smallest absolute Gasteiger partial charge is 0.332 e. The van der Waals surface area contributed by atoms with Gasteiger partial charge in [0, 0.05) is 18.8 Å². The van der Waals surface area contributed by atoms with Crippen LogP contribution in [-0.2, 0) is 9.53 Å². The molecule has 13 heavy (non-hydrogen) atoms. The Labute approximate surface area is 78.6 Å². The maximum Gasteiger partial charge on any atom is 0.332 e. The lowest BCUT2D eigenvalue weighted by atomic mass is 10.2. The molecule has 0 radical (unpaired) electrons. The van der Waals surface area contributed by atoms with E-state index in [9.17, 15) is 4.79 Å². The molecule has 0 aromatic heterocycles. The fourth-order valence-electron chi connectivity index (χ4n) is 0.611. The molecule has 0 spiro atoms. The fourth-order valence-corrected chi connectivity index (χ4v) is 0.611. The average Bonchev–Trinajstić information content (AvgIpc) is 1.94. The summed E-state index contributed by atoms with van der Waals surface area (Å²) >= 11 is 0. The Balaban J connectivity index is 3.68. The maximum absolute atomic E-state index is 11.0. The first-order valence-corrected chi connectivity index (χ1v) is 4.19. The zero-order chi connectivity index (χ0) is 10.3. The van der Waals surface area contributed by atoms with Gasteiger partial charge < -0.3 is 15.2 Å². The first-order chi connectivity index (χ1) is 5.95. The van der Waals surface area contributed by atoms with E-state index in [4.69, 9.17) is 9.84 Å². The third-order valence-electron chi connectivity index (χ3n) is 1.00. The summed E-state index contributed by atoms with van der Waals surface area (Å²) in [6, 6.07) is 0. The highest BCUT2D eigenvalue weighted by Gasteiger charge is 2.13. The third kappa shape index (κ3) is 8.88. The van der Waals surface area contributed by atoms with Crippen LogP contribution in [0.4, 0.5) is 0 Å². The van der Waals surface area contributed by atoms with Crippen molar-refractivity contribution in [3.8, 4) is 0 Å². The Morgan fingerprint density at radius 2 is 2.15 bits per heavy atom. The minimum atomic E-state index is -0.460. The van der Waals surface area contributed by atoms with E-state index >= 15 is 0 Å². The third-order valence-corrected chi connectivity index (χ3v) is 1.00. The largest absolute Gasteiger partial charge is 0.457 e. The molecule has 0 saturated heterocycles. The minimum absolute atomic E-state index is 0.0403. The van der Waals surface area contributed by atoms with Crippen LogP contribution < -0.4 is 5.32 Å². The van der Waals surface area contributed by atoms with Gasteiger partial charge >= 0.3 is 5.97 Å².